The molecule has 2 atom stereocenters. The third kappa shape index (κ3) is 2.16. The number of para-hydroxylation sites is 1. The minimum absolute atomic E-state index is 0.140. The highest BCUT2D eigenvalue weighted by Crippen LogP contribution is 2.22. The zero-order valence-corrected chi connectivity index (χ0v) is 11.4. The van der Waals surface area contributed by atoms with Crippen LogP contribution in [0.15, 0.2) is 24.3 Å². The van der Waals surface area contributed by atoms with E-state index in [1.165, 1.54) is 0 Å². The lowest BCUT2D eigenvalue weighted by Gasteiger charge is -2.11. The second-order valence-corrected chi connectivity index (χ2v) is 5.47. The van der Waals surface area contributed by atoms with E-state index in [-0.39, 0.29) is 5.92 Å². The summed E-state index contributed by atoms with van der Waals surface area (Å²) in [5, 5.41) is 8.88. The molecule has 1 aromatic carbocycles. The number of hydrogen-bond donors (Lipinski definition) is 1. The summed E-state index contributed by atoms with van der Waals surface area (Å²) in [6.45, 7) is 3.89. The Morgan fingerprint density at radius 2 is 2.21 bits per heavy atom. The number of fused-ring (bicyclic) bond motifs is 1. The molecule has 0 amide bonds. The van der Waals surface area contributed by atoms with Crippen LogP contribution in [-0.4, -0.2) is 28.7 Å². The fraction of sp³-hybridized carbons (Fsp3) is 0.467. The molecule has 1 fully saturated rings. The first-order valence-corrected chi connectivity index (χ1v) is 6.81. The number of ketones is 1. The van der Waals surface area contributed by atoms with Gasteiger partial charge < -0.3 is 5.32 Å². The van der Waals surface area contributed by atoms with Crippen molar-refractivity contribution in [3.8, 4) is 0 Å². The van der Waals surface area contributed by atoms with Crippen molar-refractivity contribution in [1.82, 2.24) is 15.1 Å². The number of rotatable bonds is 3. The fourth-order valence-corrected chi connectivity index (χ4v) is 2.96. The van der Waals surface area contributed by atoms with E-state index in [1.807, 2.05) is 36.0 Å². The van der Waals surface area contributed by atoms with Gasteiger partial charge in [-0.25, -0.2) is 0 Å². The van der Waals surface area contributed by atoms with Gasteiger partial charge in [0.25, 0.3) is 0 Å². The Hall–Kier alpha value is -1.68. The first kappa shape index (κ1) is 12.4. The normalized spacial score (nSPS) is 23.1. The summed E-state index contributed by atoms with van der Waals surface area (Å²) in [6, 6.07) is 8.08. The van der Waals surface area contributed by atoms with Crippen LogP contribution >= 0.6 is 0 Å². The first-order valence-electron chi connectivity index (χ1n) is 6.81. The number of aryl methyl sites for hydroxylation is 1. The molecule has 4 heteroatoms. The first-order chi connectivity index (χ1) is 9.16. The maximum absolute atomic E-state index is 12.4. The van der Waals surface area contributed by atoms with E-state index in [9.17, 15) is 4.79 Å². The number of carbonyl (C=O) groups excluding carboxylic acids is 1. The molecule has 2 heterocycles. The number of nitrogens with zero attached hydrogens (tertiary/aromatic N) is 2. The molecule has 19 heavy (non-hydrogen) atoms. The van der Waals surface area contributed by atoms with Crippen LogP contribution in [0.3, 0.4) is 0 Å². The Morgan fingerprint density at radius 3 is 2.95 bits per heavy atom. The van der Waals surface area contributed by atoms with Crippen molar-refractivity contribution in [3.05, 3.63) is 30.0 Å². The zero-order chi connectivity index (χ0) is 13.4. The van der Waals surface area contributed by atoms with E-state index in [4.69, 9.17) is 0 Å². The quantitative estimate of drug-likeness (QED) is 0.907. The zero-order valence-electron chi connectivity index (χ0n) is 11.4. The summed E-state index contributed by atoms with van der Waals surface area (Å²) in [5.74, 6) is 0.879. The van der Waals surface area contributed by atoms with Gasteiger partial charge in [0.15, 0.2) is 0 Å². The summed E-state index contributed by atoms with van der Waals surface area (Å²) < 4.78 is 1.86. The molecule has 0 saturated carbocycles. The molecule has 0 radical (unpaired) electrons. The lowest BCUT2D eigenvalue weighted by Crippen LogP contribution is -2.23. The van der Waals surface area contributed by atoms with Crippen LogP contribution in [0.1, 0.15) is 12.6 Å². The summed E-state index contributed by atoms with van der Waals surface area (Å²) >= 11 is 0. The molecule has 0 aliphatic carbocycles. The van der Waals surface area contributed by atoms with Crippen LogP contribution in [0.5, 0.6) is 0 Å². The van der Waals surface area contributed by atoms with Crippen LogP contribution in [-0.2, 0) is 18.3 Å². The van der Waals surface area contributed by atoms with Gasteiger partial charge in [-0.05, 0) is 18.5 Å². The second-order valence-electron chi connectivity index (χ2n) is 5.47. The van der Waals surface area contributed by atoms with Crippen molar-refractivity contribution in [3.63, 3.8) is 0 Å². The van der Waals surface area contributed by atoms with Crippen molar-refractivity contribution < 1.29 is 4.79 Å². The number of Topliss-reactive ketones (excluding diaryl/α,β-unsaturated/α-hetero) is 1. The van der Waals surface area contributed by atoms with Crippen molar-refractivity contribution >= 4 is 16.7 Å². The highest BCUT2D eigenvalue weighted by atomic mass is 16.1. The molecule has 1 aromatic heterocycles. The average Bonchev–Trinajstić information content (AvgIpc) is 2.95. The average molecular weight is 257 g/mol. The molecular formula is C15H19N3O. The van der Waals surface area contributed by atoms with Gasteiger partial charge in [0.1, 0.15) is 5.78 Å². The predicted molar refractivity (Wildman–Crippen MR) is 74.9 cm³/mol. The molecule has 4 nitrogen and oxygen atoms in total. The number of benzene rings is 1. The molecule has 2 unspecified atom stereocenters. The van der Waals surface area contributed by atoms with E-state index in [0.717, 1.165) is 29.7 Å². The third-order valence-corrected chi connectivity index (χ3v) is 4.11. The molecule has 100 valence electrons. The number of hydrogen-bond acceptors (Lipinski definition) is 3. The maximum atomic E-state index is 12.4. The molecule has 1 saturated heterocycles. The summed E-state index contributed by atoms with van der Waals surface area (Å²) in [4.78, 5) is 12.4. The standard InChI is InChI=1S/C15H19N3O/c1-10-8-16-9-12(10)15(19)7-13-11-5-3-4-6-14(11)18(2)17-13/h3-6,10,12,16H,7-9H2,1-2H3. The van der Waals surface area contributed by atoms with Crippen molar-refractivity contribution in [2.45, 2.75) is 13.3 Å². The number of carbonyl (C=O) groups is 1. The van der Waals surface area contributed by atoms with Crippen molar-refractivity contribution in [2.24, 2.45) is 18.9 Å². The molecular weight excluding hydrogens is 238 g/mol. The Kier molecular flexibility index (Phi) is 3.11. The molecule has 1 aliphatic heterocycles. The smallest absolute Gasteiger partial charge is 0.143 e. The Morgan fingerprint density at radius 1 is 1.42 bits per heavy atom. The van der Waals surface area contributed by atoms with Gasteiger partial charge >= 0.3 is 0 Å². The van der Waals surface area contributed by atoms with Crippen molar-refractivity contribution in [1.29, 1.82) is 0 Å². The van der Waals surface area contributed by atoms with Crippen LogP contribution < -0.4 is 5.32 Å². The van der Waals surface area contributed by atoms with Crippen LogP contribution in [0.2, 0.25) is 0 Å². The molecule has 1 aliphatic rings. The lowest BCUT2D eigenvalue weighted by molar-refractivity contribution is -0.122. The fourth-order valence-electron chi connectivity index (χ4n) is 2.96. The minimum atomic E-state index is 0.140. The van der Waals surface area contributed by atoms with E-state index in [1.54, 1.807) is 0 Å². The largest absolute Gasteiger partial charge is 0.316 e. The van der Waals surface area contributed by atoms with Gasteiger partial charge in [-0.15, -0.1) is 0 Å². The SMILES string of the molecule is CC1CNCC1C(=O)Cc1nn(C)c2ccccc12. The highest BCUT2D eigenvalue weighted by Gasteiger charge is 2.30. The third-order valence-electron chi connectivity index (χ3n) is 4.11. The predicted octanol–water partition coefficient (Wildman–Crippen LogP) is 1.54. The summed E-state index contributed by atoms with van der Waals surface area (Å²) in [7, 11) is 1.93. The van der Waals surface area contributed by atoms with Crippen molar-refractivity contribution in [2.75, 3.05) is 13.1 Å². The van der Waals surface area contributed by atoms with Gasteiger partial charge in [-0.2, -0.15) is 5.10 Å². The van der Waals surface area contributed by atoms with E-state index in [2.05, 4.69) is 17.3 Å². The Balaban J connectivity index is 1.87. The Bertz CT molecular complexity index is 617. The minimum Gasteiger partial charge on any atom is -0.316 e. The molecule has 0 bridgehead atoms. The van der Waals surface area contributed by atoms with Crippen LogP contribution in [0.25, 0.3) is 10.9 Å². The van der Waals surface area contributed by atoms with Gasteiger partial charge in [0, 0.05) is 24.9 Å². The van der Waals surface area contributed by atoms with Crippen LogP contribution in [0, 0.1) is 11.8 Å². The monoisotopic (exact) mass is 257 g/mol. The molecule has 3 rings (SSSR count). The van der Waals surface area contributed by atoms with Gasteiger partial charge in [-0.3, -0.25) is 9.48 Å². The summed E-state index contributed by atoms with van der Waals surface area (Å²) in [6.07, 6.45) is 0.442. The number of aromatic nitrogens is 2. The van der Waals surface area contributed by atoms with E-state index < -0.39 is 0 Å². The van der Waals surface area contributed by atoms with Crippen LogP contribution in [0.4, 0.5) is 0 Å². The van der Waals surface area contributed by atoms with E-state index >= 15 is 0 Å². The van der Waals surface area contributed by atoms with Gasteiger partial charge in [0.05, 0.1) is 17.6 Å². The highest BCUT2D eigenvalue weighted by molar-refractivity contribution is 5.90. The summed E-state index contributed by atoms with van der Waals surface area (Å²) in [5.41, 5.74) is 1.99. The molecule has 1 N–H and O–H groups in total. The topological polar surface area (TPSA) is 46.9 Å². The van der Waals surface area contributed by atoms with Gasteiger partial charge in [0.2, 0.25) is 0 Å². The molecule has 0 spiro atoms. The maximum Gasteiger partial charge on any atom is 0.143 e. The lowest BCUT2D eigenvalue weighted by atomic mass is 9.91. The van der Waals surface area contributed by atoms with Gasteiger partial charge in [-0.1, -0.05) is 25.1 Å². The molecule has 2 aromatic rings. The van der Waals surface area contributed by atoms with E-state index in [0.29, 0.717) is 18.1 Å². The second kappa shape index (κ2) is 4.78. The number of nitrogens with one attached hydrogen (secondary N) is 1. The Labute approximate surface area is 112 Å².